The van der Waals surface area contributed by atoms with Crippen LogP contribution < -0.4 is 11.1 Å². The van der Waals surface area contributed by atoms with Crippen molar-refractivity contribution in [2.45, 2.75) is 44.0 Å². The Kier molecular flexibility index (Phi) is 5.97. The van der Waals surface area contributed by atoms with Crippen LogP contribution in [0.2, 0.25) is 0 Å². The minimum absolute atomic E-state index is 0.0897. The predicted molar refractivity (Wildman–Crippen MR) is 118 cm³/mol. The number of aromatic nitrogens is 1. The zero-order valence-electron chi connectivity index (χ0n) is 17.3. The molecule has 0 bridgehead atoms. The van der Waals surface area contributed by atoms with E-state index in [1.165, 1.54) is 27.1 Å². The number of rotatable bonds is 5. The zero-order chi connectivity index (χ0) is 22.0. The number of benzene rings is 2. The van der Waals surface area contributed by atoms with Gasteiger partial charge < -0.3 is 9.73 Å². The number of fused-ring (bicyclic) bond motifs is 1. The molecule has 1 aliphatic heterocycles. The second-order valence-electron chi connectivity index (χ2n) is 7.82. The normalized spacial score (nSPS) is 15.6. The molecule has 0 atom stereocenters. The SMILES string of the molecule is Cc1ccc(NC(=O)Cn2c(=O)oc3cc(S(=O)(=O)N4CCCCCC4)ccc32)cc1. The van der Waals surface area contributed by atoms with Crippen molar-refractivity contribution in [1.29, 1.82) is 0 Å². The molecule has 4 rings (SSSR count). The number of anilines is 1. The Morgan fingerprint density at radius 1 is 1.03 bits per heavy atom. The number of carbonyl (C=O) groups excluding carboxylic acids is 1. The third-order valence-corrected chi connectivity index (χ3v) is 7.37. The van der Waals surface area contributed by atoms with Crippen molar-refractivity contribution >= 4 is 32.7 Å². The molecule has 0 spiro atoms. The van der Waals surface area contributed by atoms with Gasteiger partial charge in [-0.1, -0.05) is 30.5 Å². The van der Waals surface area contributed by atoms with Crippen LogP contribution in [0.3, 0.4) is 0 Å². The Bertz CT molecular complexity index is 1250. The Balaban J connectivity index is 1.57. The standard InChI is InChI=1S/C22H25N3O5S/c1-16-6-8-17(9-7-16)23-21(26)15-25-19-11-10-18(14-20(19)30-22(25)27)31(28,29)24-12-4-2-3-5-13-24/h6-11,14H,2-5,12-13,15H2,1H3,(H,23,26). The van der Waals surface area contributed by atoms with Crippen molar-refractivity contribution in [3.05, 3.63) is 58.6 Å². The number of hydrogen-bond donors (Lipinski definition) is 1. The molecule has 164 valence electrons. The first-order valence-electron chi connectivity index (χ1n) is 10.3. The Hall–Kier alpha value is -2.91. The highest BCUT2D eigenvalue weighted by molar-refractivity contribution is 7.89. The summed E-state index contributed by atoms with van der Waals surface area (Å²) in [6.07, 6.45) is 3.72. The fourth-order valence-electron chi connectivity index (χ4n) is 3.77. The van der Waals surface area contributed by atoms with E-state index >= 15 is 0 Å². The van der Waals surface area contributed by atoms with E-state index in [-0.39, 0.29) is 22.9 Å². The number of sulfonamides is 1. The molecule has 1 fully saturated rings. The maximum absolute atomic E-state index is 13.0. The van der Waals surface area contributed by atoms with E-state index < -0.39 is 15.8 Å². The fourth-order valence-corrected chi connectivity index (χ4v) is 5.30. The predicted octanol–water partition coefficient (Wildman–Crippen LogP) is 3.11. The van der Waals surface area contributed by atoms with Crippen LogP contribution in [0.4, 0.5) is 5.69 Å². The van der Waals surface area contributed by atoms with Gasteiger partial charge in [-0.25, -0.2) is 13.2 Å². The Labute approximate surface area is 180 Å². The summed E-state index contributed by atoms with van der Waals surface area (Å²) in [6.45, 7) is 2.69. The van der Waals surface area contributed by atoms with Gasteiger partial charge in [-0.05, 0) is 44.0 Å². The van der Waals surface area contributed by atoms with E-state index in [4.69, 9.17) is 4.42 Å². The van der Waals surface area contributed by atoms with Gasteiger partial charge in [-0.2, -0.15) is 4.31 Å². The van der Waals surface area contributed by atoms with Gasteiger partial charge in [0.15, 0.2) is 5.58 Å². The largest absolute Gasteiger partial charge is 0.420 e. The average molecular weight is 444 g/mol. The molecular formula is C22H25N3O5S. The number of nitrogens with zero attached hydrogens (tertiary/aromatic N) is 2. The molecule has 1 aromatic heterocycles. The van der Waals surface area contributed by atoms with Crippen molar-refractivity contribution in [3.63, 3.8) is 0 Å². The van der Waals surface area contributed by atoms with Crippen LogP contribution >= 0.6 is 0 Å². The molecule has 9 heteroatoms. The quantitative estimate of drug-likeness (QED) is 0.653. The number of carbonyl (C=O) groups is 1. The van der Waals surface area contributed by atoms with Crippen molar-refractivity contribution in [2.24, 2.45) is 0 Å². The highest BCUT2D eigenvalue weighted by Gasteiger charge is 2.26. The summed E-state index contributed by atoms with van der Waals surface area (Å²) in [4.78, 5) is 24.8. The van der Waals surface area contributed by atoms with Gasteiger partial charge in [0.05, 0.1) is 10.4 Å². The number of hydrogen-bond acceptors (Lipinski definition) is 5. The first-order chi connectivity index (χ1) is 14.8. The van der Waals surface area contributed by atoms with E-state index in [0.29, 0.717) is 24.3 Å². The summed E-state index contributed by atoms with van der Waals surface area (Å²) >= 11 is 0. The van der Waals surface area contributed by atoms with E-state index in [0.717, 1.165) is 31.2 Å². The highest BCUT2D eigenvalue weighted by atomic mass is 32.2. The van der Waals surface area contributed by atoms with Crippen LogP contribution in [0, 0.1) is 6.92 Å². The van der Waals surface area contributed by atoms with Gasteiger partial charge in [0.2, 0.25) is 15.9 Å². The minimum atomic E-state index is -3.66. The second-order valence-corrected chi connectivity index (χ2v) is 9.75. The summed E-state index contributed by atoms with van der Waals surface area (Å²) in [5.41, 5.74) is 2.21. The Morgan fingerprint density at radius 2 is 1.71 bits per heavy atom. The molecule has 0 saturated carbocycles. The van der Waals surface area contributed by atoms with Crippen molar-refractivity contribution in [3.8, 4) is 0 Å². The molecule has 1 N–H and O–H groups in total. The minimum Gasteiger partial charge on any atom is -0.408 e. The molecule has 2 heterocycles. The van der Waals surface area contributed by atoms with Crippen LogP contribution in [0.5, 0.6) is 0 Å². The molecule has 31 heavy (non-hydrogen) atoms. The summed E-state index contributed by atoms with van der Waals surface area (Å²) in [7, 11) is -3.66. The first kappa shape index (κ1) is 21.3. The number of aryl methyl sites for hydroxylation is 1. The molecule has 1 saturated heterocycles. The van der Waals surface area contributed by atoms with E-state index in [1.807, 2.05) is 19.1 Å². The van der Waals surface area contributed by atoms with Gasteiger partial charge in [0.1, 0.15) is 6.54 Å². The van der Waals surface area contributed by atoms with E-state index in [9.17, 15) is 18.0 Å². The molecule has 0 radical (unpaired) electrons. The Morgan fingerprint density at radius 3 is 2.39 bits per heavy atom. The number of amides is 1. The van der Waals surface area contributed by atoms with Gasteiger partial charge in [0.25, 0.3) is 0 Å². The molecule has 2 aromatic carbocycles. The van der Waals surface area contributed by atoms with Crippen molar-refractivity contribution in [2.75, 3.05) is 18.4 Å². The summed E-state index contributed by atoms with van der Waals surface area (Å²) in [6, 6.07) is 11.7. The lowest BCUT2D eigenvalue weighted by Gasteiger charge is -2.19. The maximum Gasteiger partial charge on any atom is 0.420 e. The molecule has 0 unspecified atom stereocenters. The van der Waals surface area contributed by atoms with Crippen LogP contribution in [-0.4, -0.2) is 36.3 Å². The number of nitrogens with one attached hydrogen (secondary N) is 1. The molecular weight excluding hydrogens is 418 g/mol. The highest BCUT2D eigenvalue weighted by Crippen LogP contribution is 2.24. The van der Waals surface area contributed by atoms with Crippen LogP contribution in [0.25, 0.3) is 11.1 Å². The molecule has 0 aliphatic carbocycles. The lowest BCUT2D eigenvalue weighted by Crippen LogP contribution is -2.31. The summed E-state index contributed by atoms with van der Waals surface area (Å²) in [5, 5.41) is 2.74. The topological polar surface area (TPSA) is 102 Å². The second kappa shape index (κ2) is 8.68. The lowest BCUT2D eigenvalue weighted by atomic mass is 10.2. The number of oxazole rings is 1. The third-order valence-electron chi connectivity index (χ3n) is 5.48. The molecule has 3 aromatic rings. The average Bonchev–Trinajstić information content (AvgIpc) is 2.91. The summed E-state index contributed by atoms with van der Waals surface area (Å²) < 4.78 is 34.0. The van der Waals surface area contributed by atoms with Gasteiger partial charge in [-0.15, -0.1) is 0 Å². The molecule has 1 aliphatic rings. The fraction of sp³-hybridized carbons (Fsp3) is 0.364. The molecule has 1 amide bonds. The third kappa shape index (κ3) is 4.57. The van der Waals surface area contributed by atoms with Gasteiger partial charge >= 0.3 is 5.76 Å². The first-order valence-corrected chi connectivity index (χ1v) is 11.8. The van der Waals surface area contributed by atoms with Crippen molar-refractivity contribution in [1.82, 2.24) is 8.87 Å². The van der Waals surface area contributed by atoms with Crippen LogP contribution in [0.1, 0.15) is 31.2 Å². The van der Waals surface area contributed by atoms with E-state index in [2.05, 4.69) is 5.32 Å². The smallest absolute Gasteiger partial charge is 0.408 e. The summed E-state index contributed by atoms with van der Waals surface area (Å²) in [5.74, 6) is -1.09. The van der Waals surface area contributed by atoms with Crippen molar-refractivity contribution < 1.29 is 17.6 Å². The van der Waals surface area contributed by atoms with Crippen LogP contribution in [-0.2, 0) is 21.4 Å². The monoisotopic (exact) mass is 443 g/mol. The van der Waals surface area contributed by atoms with E-state index in [1.54, 1.807) is 12.1 Å². The zero-order valence-corrected chi connectivity index (χ0v) is 18.2. The maximum atomic E-state index is 13.0. The van der Waals surface area contributed by atoms with Gasteiger partial charge in [0, 0.05) is 24.8 Å². The lowest BCUT2D eigenvalue weighted by molar-refractivity contribution is -0.116. The molecule has 8 nitrogen and oxygen atoms in total. The van der Waals surface area contributed by atoms with Gasteiger partial charge in [-0.3, -0.25) is 9.36 Å². The van der Waals surface area contributed by atoms with Crippen LogP contribution in [0.15, 0.2) is 56.6 Å².